The summed E-state index contributed by atoms with van der Waals surface area (Å²) in [5, 5.41) is 4.22. The van der Waals surface area contributed by atoms with Crippen LogP contribution in [0, 0.1) is 11.8 Å². The highest BCUT2D eigenvalue weighted by Crippen LogP contribution is 2.26. The molecule has 3 heterocycles. The lowest BCUT2D eigenvalue weighted by Gasteiger charge is -2.34. The number of nitrogens with zero attached hydrogens (tertiary/aromatic N) is 2. The maximum atomic E-state index is 12.9. The average molecular weight is 439 g/mol. The predicted octanol–water partition coefficient (Wildman–Crippen LogP) is 4.04. The highest BCUT2D eigenvalue weighted by molar-refractivity contribution is 5.98. The van der Waals surface area contributed by atoms with E-state index >= 15 is 0 Å². The lowest BCUT2D eigenvalue weighted by atomic mass is 9.84. The van der Waals surface area contributed by atoms with Gasteiger partial charge < -0.3 is 20.1 Å². The third-order valence-electron chi connectivity index (χ3n) is 7.57. The molecule has 6 heteroatoms. The number of H-pyrrole nitrogens is 1. The number of likely N-dealkylation sites (tertiary alicyclic amines) is 2. The summed E-state index contributed by atoms with van der Waals surface area (Å²) in [6, 6.07) is 10.6. The van der Waals surface area contributed by atoms with Crippen molar-refractivity contribution in [2.24, 2.45) is 11.8 Å². The number of hydrogen-bond acceptors (Lipinski definition) is 3. The lowest BCUT2D eigenvalue weighted by Crippen LogP contribution is -2.43. The van der Waals surface area contributed by atoms with Gasteiger partial charge in [-0.25, -0.2) is 0 Å². The zero-order valence-electron chi connectivity index (χ0n) is 19.6. The maximum absolute atomic E-state index is 12.9. The maximum Gasteiger partial charge on any atom is 0.270 e. The van der Waals surface area contributed by atoms with Crippen molar-refractivity contribution < 1.29 is 9.59 Å². The third kappa shape index (κ3) is 5.34. The molecular weight excluding hydrogens is 400 g/mol. The summed E-state index contributed by atoms with van der Waals surface area (Å²) in [5.74, 6) is 0.555. The fourth-order valence-electron chi connectivity index (χ4n) is 5.32. The first kappa shape index (κ1) is 22.8. The van der Waals surface area contributed by atoms with E-state index in [2.05, 4.69) is 22.1 Å². The fraction of sp³-hybridized carbons (Fsp3) is 0.615. The number of piperidine rings is 2. The Kier molecular flexibility index (Phi) is 7.51. The summed E-state index contributed by atoms with van der Waals surface area (Å²) >= 11 is 0. The normalized spacial score (nSPS) is 21.6. The Morgan fingerprint density at radius 1 is 1.12 bits per heavy atom. The van der Waals surface area contributed by atoms with E-state index in [1.165, 1.54) is 25.8 Å². The molecule has 174 valence electrons. The second kappa shape index (κ2) is 10.5. The van der Waals surface area contributed by atoms with Crippen LogP contribution in [0.3, 0.4) is 0 Å². The van der Waals surface area contributed by atoms with E-state index in [4.69, 9.17) is 0 Å². The number of hydrogen-bond donors (Lipinski definition) is 2. The number of rotatable bonds is 7. The molecule has 1 aromatic heterocycles. The molecule has 4 rings (SSSR count). The molecule has 2 unspecified atom stereocenters. The van der Waals surface area contributed by atoms with E-state index < -0.39 is 0 Å². The van der Waals surface area contributed by atoms with Crippen molar-refractivity contribution in [3.63, 3.8) is 0 Å². The minimum atomic E-state index is -0.00534. The SMILES string of the molecule is CC(C(=O)NCCCN1CCCCC1C)C1CCN(C(=O)c2cc3ccccc3[nH]2)CC1. The van der Waals surface area contributed by atoms with Crippen LogP contribution in [-0.4, -0.2) is 65.4 Å². The molecule has 0 bridgehead atoms. The molecule has 2 N–H and O–H groups in total. The van der Waals surface area contributed by atoms with Crippen LogP contribution in [0.5, 0.6) is 0 Å². The van der Waals surface area contributed by atoms with Gasteiger partial charge in [0.05, 0.1) is 0 Å². The van der Waals surface area contributed by atoms with Crippen molar-refractivity contribution in [1.82, 2.24) is 20.1 Å². The smallest absolute Gasteiger partial charge is 0.270 e. The lowest BCUT2D eigenvalue weighted by molar-refractivity contribution is -0.126. The Balaban J connectivity index is 1.19. The number of aromatic nitrogens is 1. The topological polar surface area (TPSA) is 68.4 Å². The summed E-state index contributed by atoms with van der Waals surface area (Å²) in [6.45, 7) is 8.80. The summed E-state index contributed by atoms with van der Waals surface area (Å²) in [7, 11) is 0. The van der Waals surface area contributed by atoms with E-state index in [-0.39, 0.29) is 17.7 Å². The van der Waals surface area contributed by atoms with Crippen LogP contribution < -0.4 is 5.32 Å². The molecule has 2 fully saturated rings. The van der Waals surface area contributed by atoms with Crippen LogP contribution in [0.15, 0.2) is 30.3 Å². The van der Waals surface area contributed by atoms with E-state index in [0.29, 0.717) is 30.7 Å². The van der Waals surface area contributed by atoms with Crippen LogP contribution in [0.1, 0.15) is 62.9 Å². The number of amides is 2. The number of benzene rings is 1. The van der Waals surface area contributed by atoms with Gasteiger partial charge in [-0.1, -0.05) is 31.5 Å². The fourth-order valence-corrected chi connectivity index (χ4v) is 5.32. The van der Waals surface area contributed by atoms with Gasteiger partial charge in [-0.3, -0.25) is 9.59 Å². The largest absolute Gasteiger partial charge is 0.356 e. The molecule has 0 saturated carbocycles. The first-order chi connectivity index (χ1) is 15.5. The monoisotopic (exact) mass is 438 g/mol. The summed E-state index contributed by atoms with van der Waals surface area (Å²) in [4.78, 5) is 33.3. The van der Waals surface area contributed by atoms with Crippen LogP contribution in [0.2, 0.25) is 0 Å². The summed E-state index contributed by atoms with van der Waals surface area (Å²) in [5.41, 5.74) is 1.64. The van der Waals surface area contributed by atoms with Gasteiger partial charge >= 0.3 is 0 Å². The molecule has 2 amide bonds. The van der Waals surface area contributed by atoms with E-state index in [1.54, 1.807) is 0 Å². The van der Waals surface area contributed by atoms with E-state index in [0.717, 1.165) is 43.3 Å². The van der Waals surface area contributed by atoms with Crippen molar-refractivity contribution in [3.8, 4) is 0 Å². The molecule has 2 saturated heterocycles. The van der Waals surface area contributed by atoms with Gasteiger partial charge in [0.25, 0.3) is 5.91 Å². The quantitative estimate of drug-likeness (QED) is 0.641. The van der Waals surface area contributed by atoms with Crippen molar-refractivity contribution in [2.75, 3.05) is 32.7 Å². The van der Waals surface area contributed by atoms with Gasteiger partial charge in [0, 0.05) is 49.0 Å². The number of carbonyl (C=O) groups is 2. The Morgan fingerprint density at radius 3 is 2.66 bits per heavy atom. The zero-order chi connectivity index (χ0) is 22.5. The molecule has 2 aliphatic rings. The van der Waals surface area contributed by atoms with Crippen LogP contribution in [0.25, 0.3) is 10.9 Å². The predicted molar refractivity (Wildman–Crippen MR) is 129 cm³/mol. The minimum absolute atomic E-state index is 0.00534. The summed E-state index contributed by atoms with van der Waals surface area (Å²) in [6.07, 6.45) is 6.72. The second-order valence-corrected chi connectivity index (χ2v) is 9.71. The Hall–Kier alpha value is -2.34. The van der Waals surface area contributed by atoms with Gasteiger partial charge in [0.1, 0.15) is 5.69 Å². The van der Waals surface area contributed by atoms with Crippen LogP contribution in [0.4, 0.5) is 0 Å². The van der Waals surface area contributed by atoms with Crippen molar-refractivity contribution >= 4 is 22.7 Å². The van der Waals surface area contributed by atoms with Gasteiger partial charge in [-0.15, -0.1) is 0 Å². The van der Waals surface area contributed by atoms with Gasteiger partial charge in [-0.2, -0.15) is 0 Å². The number of aromatic amines is 1. The molecule has 1 aromatic carbocycles. The van der Waals surface area contributed by atoms with Crippen molar-refractivity contribution in [2.45, 2.75) is 58.4 Å². The minimum Gasteiger partial charge on any atom is -0.356 e. The van der Waals surface area contributed by atoms with Crippen LogP contribution in [-0.2, 0) is 4.79 Å². The highest BCUT2D eigenvalue weighted by atomic mass is 16.2. The molecule has 2 atom stereocenters. The highest BCUT2D eigenvalue weighted by Gasteiger charge is 2.30. The first-order valence-electron chi connectivity index (χ1n) is 12.4. The molecular formula is C26H38N4O2. The number of fused-ring (bicyclic) bond motifs is 1. The molecule has 2 aliphatic heterocycles. The molecule has 0 radical (unpaired) electrons. The Morgan fingerprint density at radius 2 is 1.91 bits per heavy atom. The second-order valence-electron chi connectivity index (χ2n) is 9.71. The molecule has 0 aliphatic carbocycles. The molecule has 32 heavy (non-hydrogen) atoms. The Bertz CT molecular complexity index is 882. The summed E-state index contributed by atoms with van der Waals surface area (Å²) < 4.78 is 0. The number of nitrogens with one attached hydrogen (secondary N) is 2. The standard InChI is InChI=1S/C26H38N4O2/c1-19-8-5-6-14-29(19)15-7-13-27-25(31)20(2)21-11-16-30(17-12-21)26(32)24-18-22-9-3-4-10-23(22)28-24/h3-4,9-10,18-21,28H,5-8,11-17H2,1-2H3,(H,27,31). The first-order valence-corrected chi connectivity index (χ1v) is 12.4. The number of carbonyl (C=O) groups excluding carboxylic acids is 2. The number of para-hydroxylation sites is 1. The third-order valence-corrected chi connectivity index (χ3v) is 7.57. The van der Waals surface area contributed by atoms with E-state index in [9.17, 15) is 9.59 Å². The van der Waals surface area contributed by atoms with Gasteiger partial charge in [0.15, 0.2) is 0 Å². The molecule has 6 nitrogen and oxygen atoms in total. The van der Waals surface area contributed by atoms with Crippen molar-refractivity contribution in [1.29, 1.82) is 0 Å². The molecule has 0 spiro atoms. The average Bonchev–Trinajstić information content (AvgIpc) is 3.26. The van der Waals surface area contributed by atoms with Gasteiger partial charge in [0.2, 0.25) is 5.91 Å². The molecule has 2 aromatic rings. The van der Waals surface area contributed by atoms with Gasteiger partial charge in [-0.05, 0) is 63.6 Å². The zero-order valence-corrected chi connectivity index (χ0v) is 19.6. The van der Waals surface area contributed by atoms with Crippen molar-refractivity contribution in [3.05, 3.63) is 36.0 Å². The van der Waals surface area contributed by atoms with E-state index in [1.807, 2.05) is 42.2 Å². The Labute approximate surface area is 191 Å². The van der Waals surface area contributed by atoms with Crippen LogP contribution >= 0.6 is 0 Å².